The summed E-state index contributed by atoms with van der Waals surface area (Å²) in [5, 5.41) is -0.118. The Hall–Kier alpha value is -0.900. The van der Waals surface area contributed by atoms with Crippen LogP contribution in [0, 0.1) is 0 Å². The number of thioether (sulfide) groups is 1. The van der Waals surface area contributed by atoms with Crippen LogP contribution < -0.4 is 4.74 Å². The molecule has 0 N–H and O–H groups in total. The van der Waals surface area contributed by atoms with Crippen molar-refractivity contribution in [3.8, 4) is 5.75 Å². The summed E-state index contributed by atoms with van der Waals surface area (Å²) in [5.74, 6) is -1.14. The molecule has 0 radical (unpaired) electrons. The highest BCUT2D eigenvalue weighted by Gasteiger charge is 2.33. The van der Waals surface area contributed by atoms with Crippen molar-refractivity contribution in [2.45, 2.75) is 23.2 Å². The fourth-order valence-corrected chi connectivity index (χ4v) is 2.22. The lowest BCUT2D eigenvalue weighted by molar-refractivity contribution is -0.274. The van der Waals surface area contributed by atoms with E-state index in [1.54, 1.807) is 0 Å². The zero-order chi connectivity index (χ0) is 16.3. The number of halogens is 7. The number of hydrogen-bond donors (Lipinski definition) is 0. The number of ether oxygens (including phenoxy) is 1. The van der Waals surface area contributed by atoms with Gasteiger partial charge in [-0.05, 0) is 35.5 Å². The molecule has 0 aliphatic carbocycles. The maximum Gasteiger partial charge on any atom is 0.573 e. The van der Waals surface area contributed by atoms with Gasteiger partial charge >= 0.3 is 11.9 Å². The fraction of sp³-hybridized carbons (Fsp3) is 0.364. The smallest absolute Gasteiger partial charge is 0.406 e. The number of benzene rings is 1. The average molecular weight is 397 g/mol. The third kappa shape index (κ3) is 7.07. The van der Waals surface area contributed by atoms with Crippen LogP contribution in [0.2, 0.25) is 0 Å². The van der Waals surface area contributed by atoms with Crippen molar-refractivity contribution < 1.29 is 35.9 Å². The predicted molar refractivity (Wildman–Crippen MR) is 67.5 cm³/mol. The molecule has 0 aromatic heterocycles. The van der Waals surface area contributed by atoms with Crippen molar-refractivity contribution in [2.75, 3.05) is 5.33 Å². The molecule has 0 unspecified atom stereocenters. The lowest BCUT2D eigenvalue weighted by Gasteiger charge is -2.14. The molecule has 0 spiro atoms. The zero-order valence-corrected chi connectivity index (χ0v) is 12.4. The summed E-state index contributed by atoms with van der Waals surface area (Å²) in [6.45, 7) is 0. The number of Topliss-reactive ketones (excluding diaryl/α,β-unsaturated/α-hetero) is 1. The van der Waals surface area contributed by atoms with E-state index in [0.717, 1.165) is 18.2 Å². The van der Waals surface area contributed by atoms with E-state index in [2.05, 4.69) is 20.7 Å². The minimum absolute atomic E-state index is 0.118. The van der Waals surface area contributed by atoms with E-state index >= 15 is 0 Å². The van der Waals surface area contributed by atoms with Crippen molar-refractivity contribution in [3.05, 3.63) is 23.8 Å². The maximum absolute atomic E-state index is 12.4. The minimum Gasteiger partial charge on any atom is -0.406 e. The summed E-state index contributed by atoms with van der Waals surface area (Å²) in [5.41, 5.74) is -4.79. The molecule has 1 aromatic carbocycles. The van der Waals surface area contributed by atoms with Gasteiger partial charge in [0.15, 0.2) is 0 Å². The Morgan fingerprint density at radius 3 is 2.29 bits per heavy atom. The van der Waals surface area contributed by atoms with E-state index < -0.39 is 41.6 Å². The van der Waals surface area contributed by atoms with Gasteiger partial charge in [-0.1, -0.05) is 15.9 Å². The minimum atomic E-state index is -4.96. The molecule has 0 amide bonds. The molecule has 1 aromatic rings. The van der Waals surface area contributed by atoms with E-state index in [1.807, 2.05) is 0 Å². The number of carbonyl (C=O) groups excluding carboxylic acids is 1. The number of carbonyl (C=O) groups is 1. The van der Waals surface area contributed by atoms with Gasteiger partial charge in [0.25, 0.3) is 0 Å². The van der Waals surface area contributed by atoms with Crippen LogP contribution in [0.15, 0.2) is 23.1 Å². The van der Waals surface area contributed by atoms with Crippen LogP contribution in [0.3, 0.4) is 0 Å². The molecule has 2 nitrogen and oxygen atoms in total. The topological polar surface area (TPSA) is 26.3 Å². The molecule has 0 aliphatic heterocycles. The highest BCUT2D eigenvalue weighted by Crippen LogP contribution is 2.40. The Bertz CT molecular complexity index is 514. The quantitative estimate of drug-likeness (QED) is 0.409. The van der Waals surface area contributed by atoms with Gasteiger partial charge in [0, 0.05) is 11.3 Å². The molecule has 0 atom stereocenters. The third-order valence-corrected chi connectivity index (χ3v) is 3.50. The Morgan fingerprint density at radius 1 is 1.19 bits per heavy atom. The SMILES string of the molecule is O=C(CBr)Cc1cc(OC(F)(F)F)ccc1SC(F)(F)F. The number of rotatable bonds is 5. The van der Waals surface area contributed by atoms with Crippen LogP contribution >= 0.6 is 27.7 Å². The van der Waals surface area contributed by atoms with Crippen LogP contribution in [0.4, 0.5) is 26.3 Å². The summed E-state index contributed by atoms with van der Waals surface area (Å²) in [7, 11) is 0. The number of ketones is 1. The van der Waals surface area contributed by atoms with Gasteiger partial charge in [-0.3, -0.25) is 4.79 Å². The van der Waals surface area contributed by atoms with E-state index in [-0.39, 0.29) is 15.8 Å². The van der Waals surface area contributed by atoms with Crippen molar-refractivity contribution >= 4 is 33.5 Å². The number of hydrogen-bond acceptors (Lipinski definition) is 3. The zero-order valence-electron chi connectivity index (χ0n) is 10.0. The molecular formula is C11H7BrF6O2S. The predicted octanol–water partition coefficient (Wildman–Crippen LogP) is 4.70. The molecule has 21 heavy (non-hydrogen) atoms. The van der Waals surface area contributed by atoms with Gasteiger partial charge in [-0.2, -0.15) is 13.2 Å². The molecule has 0 saturated carbocycles. The van der Waals surface area contributed by atoms with Gasteiger partial charge in [0.2, 0.25) is 0 Å². The van der Waals surface area contributed by atoms with E-state index in [1.165, 1.54) is 0 Å². The molecule has 0 aliphatic rings. The molecule has 0 saturated heterocycles. The molecule has 0 heterocycles. The van der Waals surface area contributed by atoms with Crippen molar-refractivity contribution in [2.24, 2.45) is 0 Å². The fourth-order valence-electron chi connectivity index (χ4n) is 1.37. The van der Waals surface area contributed by atoms with Gasteiger partial charge in [-0.15, -0.1) is 13.2 Å². The van der Waals surface area contributed by atoms with E-state index in [4.69, 9.17) is 0 Å². The van der Waals surface area contributed by atoms with E-state index in [9.17, 15) is 31.1 Å². The molecule has 118 valence electrons. The molecular weight excluding hydrogens is 390 g/mol. The summed E-state index contributed by atoms with van der Waals surface area (Å²) >= 11 is 2.34. The number of alkyl halides is 7. The van der Waals surface area contributed by atoms with Crippen LogP contribution in [0.25, 0.3) is 0 Å². The standard InChI is InChI=1S/C11H7BrF6O2S/c12-5-7(19)3-6-4-8(20-10(13,14)15)1-2-9(6)21-11(16,17)18/h1-2,4H,3,5H2. The van der Waals surface area contributed by atoms with Gasteiger partial charge < -0.3 is 4.74 Å². The first-order chi connectivity index (χ1) is 9.50. The van der Waals surface area contributed by atoms with Crippen LogP contribution in [0.1, 0.15) is 5.56 Å². The first-order valence-electron chi connectivity index (χ1n) is 5.22. The molecule has 1 rings (SSSR count). The second-order valence-corrected chi connectivity index (χ2v) is 5.38. The summed E-state index contributed by atoms with van der Waals surface area (Å²) in [6, 6.07) is 2.39. The van der Waals surface area contributed by atoms with Crippen molar-refractivity contribution in [1.29, 1.82) is 0 Å². The monoisotopic (exact) mass is 396 g/mol. The van der Waals surface area contributed by atoms with Crippen LogP contribution in [-0.4, -0.2) is 23.0 Å². The van der Waals surface area contributed by atoms with Crippen LogP contribution in [-0.2, 0) is 11.2 Å². The van der Waals surface area contributed by atoms with Crippen LogP contribution in [0.5, 0.6) is 5.75 Å². The second-order valence-electron chi connectivity index (χ2n) is 3.71. The Morgan fingerprint density at radius 2 is 1.81 bits per heavy atom. The normalized spacial score (nSPS) is 12.3. The van der Waals surface area contributed by atoms with Gasteiger partial charge in [0.05, 0.1) is 5.33 Å². The Labute approximate surface area is 128 Å². The third-order valence-electron chi connectivity index (χ3n) is 2.03. The highest BCUT2D eigenvalue weighted by atomic mass is 79.9. The summed E-state index contributed by atoms with van der Waals surface area (Å²) in [6.07, 6.45) is -5.39. The lowest BCUT2D eigenvalue weighted by Crippen LogP contribution is -2.17. The Kier molecular flexibility index (Phi) is 5.97. The van der Waals surface area contributed by atoms with Crippen molar-refractivity contribution in [1.82, 2.24) is 0 Å². The van der Waals surface area contributed by atoms with E-state index in [0.29, 0.717) is 0 Å². The molecule has 10 heteroatoms. The summed E-state index contributed by atoms with van der Waals surface area (Å²) < 4.78 is 77.0. The highest BCUT2D eigenvalue weighted by molar-refractivity contribution is 9.09. The van der Waals surface area contributed by atoms with Crippen molar-refractivity contribution in [3.63, 3.8) is 0 Å². The Balaban J connectivity index is 3.10. The first kappa shape index (κ1) is 18.1. The molecule has 0 bridgehead atoms. The lowest BCUT2D eigenvalue weighted by atomic mass is 10.1. The summed E-state index contributed by atoms with van der Waals surface area (Å²) in [4.78, 5) is 11.0. The largest absolute Gasteiger partial charge is 0.573 e. The van der Waals surface area contributed by atoms with Gasteiger partial charge in [-0.25, -0.2) is 0 Å². The molecule has 0 fully saturated rings. The first-order valence-corrected chi connectivity index (χ1v) is 7.16. The maximum atomic E-state index is 12.4. The second kappa shape index (κ2) is 6.91. The van der Waals surface area contributed by atoms with Gasteiger partial charge in [0.1, 0.15) is 11.5 Å². The average Bonchev–Trinajstić information content (AvgIpc) is 2.28.